The van der Waals surface area contributed by atoms with Gasteiger partial charge in [0.15, 0.2) is 0 Å². The summed E-state index contributed by atoms with van der Waals surface area (Å²) in [7, 11) is 0. The quantitative estimate of drug-likeness (QED) is 0.662. The van der Waals surface area contributed by atoms with E-state index in [0.29, 0.717) is 22.9 Å². The third kappa shape index (κ3) is 4.85. The maximum Gasteiger partial charge on any atom is 0.307 e. The fraction of sp³-hybridized carbons (Fsp3) is 0.0952. The molecule has 0 saturated heterocycles. The first-order chi connectivity index (χ1) is 12.1. The van der Waals surface area contributed by atoms with Crippen LogP contribution < -0.4 is 4.74 Å². The predicted octanol–water partition coefficient (Wildman–Crippen LogP) is 5.21. The summed E-state index contributed by atoms with van der Waals surface area (Å²) >= 11 is 6.07. The minimum Gasteiger partial charge on any atom is -0.489 e. The fourth-order valence-electron chi connectivity index (χ4n) is 2.60. The molecule has 3 nitrogen and oxygen atoms in total. The van der Waals surface area contributed by atoms with Crippen molar-refractivity contribution >= 4 is 17.6 Å². The zero-order valence-corrected chi connectivity index (χ0v) is 14.2. The predicted molar refractivity (Wildman–Crippen MR) is 99.0 cm³/mol. The zero-order valence-electron chi connectivity index (χ0n) is 13.5. The highest BCUT2D eigenvalue weighted by Gasteiger charge is 2.08. The van der Waals surface area contributed by atoms with Gasteiger partial charge in [-0.25, -0.2) is 0 Å². The first kappa shape index (κ1) is 17.1. The van der Waals surface area contributed by atoms with E-state index in [9.17, 15) is 4.79 Å². The molecule has 0 atom stereocenters. The zero-order chi connectivity index (χ0) is 17.6. The number of carbonyl (C=O) groups is 1. The summed E-state index contributed by atoms with van der Waals surface area (Å²) < 4.78 is 5.88. The fourth-order valence-corrected chi connectivity index (χ4v) is 2.79. The van der Waals surface area contributed by atoms with E-state index in [1.807, 2.05) is 60.7 Å². The van der Waals surface area contributed by atoms with Gasteiger partial charge in [0.25, 0.3) is 0 Å². The standard InChI is InChI=1S/C21H17ClO3/c22-19-8-4-7-17(12-19)18-9-16(11-21(23)24)10-20(13-18)25-14-15-5-2-1-3-6-15/h1-10,12-13H,11,14H2,(H,23,24). The van der Waals surface area contributed by atoms with Crippen molar-refractivity contribution in [1.82, 2.24) is 0 Å². The number of ether oxygens (including phenoxy) is 1. The Hall–Kier alpha value is -2.78. The van der Waals surface area contributed by atoms with Crippen molar-refractivity contribution in [2.24, 2.45) is 0 Å². The molecule has 0 fully saturated rings. The van der Waals surface area contributed by atoms with E-state index in [1.54, 1.807) is 12.1 Å². The third-order valence-electron chi connectivity index (χ3n) is 3.73. The Balaban J connectivity index is 1.91. The molecule has 4 heteroatoms. The molecule has 0 aliphatic carbocycles. The second kappa shape index (κ2) is 7.86. The van der Waals surface area contributed by atoms with Crippen molar-refractivity contribution in [3.8, 4) is 16.9 Å². The molecule has 0 aliphatic rings. The second-order valence-corrected chi connectivity index (χ2v) is 6.16. The molecule has 0 spiro atoms. The second-order valence-electron chi connectivity index (χ2n) is 5.72. The van der Waals surface area contributed by atoms with E-state index in [-0.39, 0.29) is 6.42 Å². The van der Waals surface area contributed by atoms with Gasteiger partial charge >= 0.3 is 5.97 Å². The van der Waals surface area contributed by atoms with Crippen LogP contribution in [0.2, 0.25) is 5.02 Å². The summed E-state index contributed by atoms with van der Waals surface area (Å²) in [6.07, 6.45) is -0.0594. The average molecular weight is 353 g/mol. The first-order valence-corrected chi connectivity index (χ1v) is 8.26. The van der Waals surface area contributed by atoms with Gasteiger partial charge in [-0.2, -0.15) is 0 Å². The molecule has 0 saturated carbocycles. The van der Waals surface area contributed by atoms with E-state index in [2.05, 4.69) is 0 Å². The summed E-state index contributed by atoms with van der Waals surface area (Å²) in [5.74, 6) is -0.241. The normalized spacial score (nSPS) is 10.4. The number of benzene rings is 3. The maximum atomic E-state index is 11.1. The Kier molecular flexibility index (Phi) is 5.36. The van der Waals surface area contributed by atoms with Gasteiger partial charge in [0.1, 0.15) is 12.4 Å². The molecule has 3 rings (SSSR count). The lowest BCUT2D eigenvalue weighted by Crippen LogP contribution is -2.02. The van der Waals surface area contributed by atoms with Crippen molar-refractivity contribution in [1.29, 1.82) is 0 Å². The lowest BCUT2D eigenvalue weighted by Gasteiger charge is -2.11. The van der Waals surface area contributed by atoms with Crippen molar-refractivity contribution in [3.63, 3.8) is 0 Å². The number of hydrogen-bond donors (Lipinski definition) is 1. The maximum absolute atomic E-state index is 11.1. The van der Waals surface area contributed by atoms with Crippen LogP contribution in [0.15, 0.2) is 72.8 Å². The molecular formula is C21H17ClO3. The molecule has 3 aromatic rings. The van der Waals surface area contributed by atoms with E-state index in [4.69, 9.17) is 21.4 Å². The number of halogens is 1. The van der Waals surface area contributed by atoms with Crippen LogP contribution in [0.3, 0.4) is 0 Å². The van der Waals surface area contributed by atoms with Gasteiger partial charge in [0.05, 0.1) is 6.42 Å². The lowest BCUT2D eigenvalue weighted by molar-refractivity contribution is -0.136. The molecule has 3 aromatic carbocycles. The Morgan fingerprint density at radius 1 is 0.880 bits per heavy atom. The highest BCUT2D eigenvalue weighted by atomic mass is 35.5. The molecule has 0 unspecified atom stereocenters. The van der Waals surface area contributed by atoms with E-state index in [1.165, 1.54) is 0 Å². The van der Waals surface area contributed by atoms with Crippen molar-refractivity contribution in [3.05, 3.63) is 88.9 Å². The van der Waals surface area contributed by atoms with Crippen LogP contribution in [0.25, 0.3) is 11.1 Å². The van der Waals surface area contributed by atoms with Crippen molar-refractivity contribution in [2.45, 2.75) is 13.0 Å². The highest BCUT2D eigenvalue weighted by molar-refractivity contribution is 6.30. The molecule has 0 radical (unpaired) electrons. The molecule has 126 valence electrons. The summed E-state index contributed by atoms with van der Waals surface area (Å²) in [6.45, 7) is 0.423. The number of carboxylic acid groups (broad SMARTS) is 1. The van der Waals surface area contributed by atoms with Crippen LogP contribution in [0.5, 0.6) is 5.75 Å². The van der Waals surface area contributed by atoms with Crippen LogP contribution in [0.1, 0.15) is 11.1 Å². The largest absolute Gasteiger partial charge is 0.489 e. The topological polar surface area (TPSA) is 46.5 Å². The highest BCUT2D eigenvalue weighted by Crippen LogP contribution is 2.28. The van der Waals surface area contributed by atoms with Crippen LogP contribution in [-0.4, -0.2) is 11.1 Å². The van der Waals surface area contributed by atoms with Crippen LogP contribution in [0.4, 0.5) is 0 Å². The van der Waals surface area contributed by atoms with Gasteiger partial charge in [0, 0.05) is 5.02 Å². The number of hydrogen-bond acceptors (Lipinski definition) is 2. The molecule has 0 amide bonds. The van der Waals surface area contributed by atoms with Gasteiger partial charge in [-0.15, -0.1) is 0 Å². The minimum atomic E-state index is -0.878. The van der Waals surface area contributed by atoms with E-state index in [0.717, 1.165) is 16.7 Å². The van der Waals surface area contributed by atoms with E-state index >= 15 is 0 Å². The van der Waals surface area contributed by atoms with Crippen molar-refractivity contribution < 1.29 is 14.6 Å². The third-order valence-corrected chi connectivity index (χ3v) is 3.96. The Morgan fingerprint density at radius 3 is 2.40 bits per heavy atom. The summed E-state index contributed by atoms with van der Waals surface area (Å²) in [5.41, 5.74) is 3.54. The smallest absolute Gasteiger partial charge is 0.307 e. The molecule has 0 aromatic heterocycles. The van der Waals surface area contributed by atoms with Gasteiger partial charge in [-0.05, 0) is 46.5 Å². The van der Waals surface area contributed by atoms with Crippen LogP contribution in [0, 0.1) is 0 Å². The summed E-state index contributed by atoms with van der Waals surface area (Å²) in [6, 6.07) is 22.8. The van der Waals surface area contributed by atoms with Gasteiger partial charge < -0.3 is 9.84 Å². The molecular weight excluding hydrogens is 336 g/mol. The number of carboxylic acids is 1. The Morgan fingerprint density at radius 2 is 1.68 bits per heavy atom. The van der Waals surface area contributed by atoms with Gasteiger partial charge in [-0.1, -0.05) is 60.1 Å². The van der Waals surface area contributed by atoms with Gasteiger partial charge in [0.2, 0.25) is 0 Å². The Bertz CT molecular complexity index is 875. The molecule has 25 heavy (non-hydrogen) atoms. The van der Waals surface area contributed by atoms with Crippen LogP contribution >= 0.6 is 11.6 Å². The molecule has 1 N–H and O–H groups in total. The summed E-state index contributed by atoms with van der Waals surface area (Å²) in [4.78, 5) is 11.1. The number of aliphatic carboxylic acids is 1. The lowest BCUT2D eigenvalue weighted by atomic mass is 10.0. The molecule has 0 bridgehead atoms. The van der Waals surface area contributed by atoms with Gasteiger partial charge in [-0.3, -0.25) is 4.79 Å². The van der Waals surface area contributed by atoms with E-state index < -0.39 is 5.97 Å². The Labute approximate surface area is 151 Å². The summed E-state index contributed by atoms with van der Waals surface area (Å²) in [5, 5.41) is 9.74. The SMILES string of the molecule is O=C(O)Cc1cc(OCc2ccccc2)cc(-c2cccc(Cl)c2)c1. The van der Waals surface area contributed by atoms with Crippen LogP contribution in [-0.2, 0) is 17.8 Å². The average Bonchev–Trinajstić information content (AvgIpc) is 2.60. The number of rotatable bonds is 6. The first-order valence-electron chi connectivity index (χ1n) is 7.88. The molecule has 0 heterocycles. The van der Waals surface area contributed by atoms with Crippen molar-refractivity contribution in [2.75, 3.05) is 0 Å². The molecule has 0 aliphatic heterocycles. The minimum absolute atomic E-state index is 0.0594. The monoisotopic (exact) mass is 352 g/mol.